The first-order valence-corrected chi connectivity index (χ1v) is 7.24. The largest absolute Gasteiger partial charge is 0.375 e. The molecular weight excluding hydrogens is 274 g/mol. The summed E-state index contributed by atoms with van der Waals surface area (Å²) in [6.07, 6.45) is 4.59. The predicted molar refractivity (Wildman–Crippen MR) is 79.5 cm³/mol. The Morgan fingerprint density at radius 3 is 2.65 bits per heavy atom. The van der Waals surface area contributed by atoms with Crippen LogP contribution >= 0.6 is 11.6 Å². The fraction of sp³-hybridized carbons (Fsp3) is 0.467. The molecule has 20 heavy (non-hydrogen) atoms. The van der Waals surface area contributed by atoms with Gasteiger partial charge in [-0.05, 0) is 25.0 Å². The van der Waals surface area contributed by atoms with Crippen LogP contribution in [0, 0.1) is 11.3 Å². The van der Waals surface area contributed by atoms with Crippen LogP contribution in [0.1, 0.15) is 32.1 Å². The van der Waals surface area contributed by atoms with Crippen LogP contribution in [0.25, 0.3) is 0 Å². The third kappa shape index (κ3) is 3.64. The average molecular weight is 292 g/mol. The molecule has 0 spiro atoms. The molecule has 106 valence electrons. The number of nitriles is 1. The van der Waals surface area contributed by atoms with E-state index in [1.54, 1.807) is 6.07 Å². The number of hydrogen-bond donors (Lipinski definition) is 2. The number of anilines is 1. The summed E-state index contributed by atoms with van der Waals surface area (Å²) < 4.78 is 0. The molecule has 1 aliphatic rings. The van der Waals surface area contributed by atoms with Crippen molar-refractivity contribution in [3.05, 3.63) is 29.3 Å². The van der Waals surface area contributed by atoms with Gasteiger partial charge in [0.2, 0.25) is 5.91 Å². The minimum Gasteiger partial charge on any atom is -0.375 e. The van der Waals surface area contributed by atoms with Gasteiger partial charge in [0.25, 0.3) is 0 Å². The number of carbonyl (C=O) groups excluding carboxylic acids is 1. The van der Waals surface area contributed by atoms with Gasteiger partial charge in [-0.25, -0.2) is 0 Å². The van der Waals surface area contributed by atoms with Crippen molar-refractivity contribution in [1.82, 2.24) is 5.32 Å². The molecule has 2 rings (SSSR count). The lowest BCUT2D eigenvalue weighted by molar-refractivity contribution is -0.121. The molecule has 0 radical (unpaired) electrons. The molecule has 0 heterocycles. The number of amides is 1. The summed E-state index contributed by atoms with van der Waals surface area (Å²) in [7, 11) is 0. The highest BCUT2D eigenvalue weighted by molar-refractivity contribution is 6.33. The van der Waals surface area contributed by atoms with E-state index in [-0.39, 0.29) is 12.5 Å². The molecule has 1 aliphatic carbocycles. The first-order chi connectivity index (χ1) is 9.65. The summed E-state index contributed by atoms with van der Waals surface area (Å²) in [5.41, 5.74) is 0.0382. The Bertz CT molecular complexity index is 518. The fourth-order valence-corrected chi connectivity index (χ4v) is 2.71. The lowest BCUT2D eigenvalue weighted by Gasteiger charge is -2.31. The number of benzene rings is 1. The second-order valence-electron chi connectivity index (χ2n) is 5.14. The van der Waals surface area contributed by atoms with E-state index in [2.05, 4.69) is 16.7 Å². The third-order valence-corrected chi connectivity index (χ3v) is 3.94. The van der Waals surface area contributed by atoms with Gasteiger partial charge in [0, 0.05) is 0 Å². The molecule has 0 bridgehead atoms. The van der Waals surface area contributed by atoms with Gasteiger partial charge in [0.05, 0.1) is 23.3 Å². The first kappa shape index (κ1) is 14.7. The monoisotopic (exact) mass is 291 g/mol. The van der Waals surface area contributed by atoms with E-state index in [1.807, 2.05) is 18.2 Å². The van der Waals surface area contributed by atoms with E-state index >= 15 is 0 Å². The Kier molecular flexibility index (Phi) is 4.86. The molecular formula is C15H18ClN3O. The van der Waals surface area contributed by atoms with Crippen LogP contribution < -0.4 is 10.6 Å². The molecule has 1 fully saturated rings. The van der Waals surface area contributed by atoms with Crippen molar-refractivity contribution in [2.24, 2.45) is 0 Å². The molecule has 2 N–H and O–H groups in total. The van der Waals surface area contributed by atoms with Crippen LogP contribution in [-0.4, -0.2) is 18.0 Å². The zero-order chi connectivity index (χ0) is 14.4. The zero-order valence-corrected chi connectivity index (χ0v) is 12.0. The van der Waals surface area contributed by atoms with Crippen molar-refractivity contribution in [3.63, 3.8) is 0 Å². The van der Waals surface area contributed by atoms with Crippen LogP contribution in [0.4, 0.5) is 5.69 Å². The maximum Gasteiger partial charge on any atom is 0.240 e. The van der Waals surface area contributed by atoms with Crippen LogP contribution in [0.15, 0.2) is 24.3 Å². The summed E-state index contributed by atoms with van der Waals surface area (Å²) in [5.74, 6) is -0.173. The zero-order valence-electron chi connectivity index (χ0n) is 11.3. The quantitative estimate of drug-likeness (QED) is 0.896. The number of nitrogens with one attached hydrogen (secondary N) is 2. The van der Waals surface area contributed by atoms with E-state index in [0.717, 1.165) is 37.8 Å². The first-order valence-electron chi connectivity index (χ1n) is 6.86. The smallest absolute Gasteiger partial charge is 0.240 e. The Balaban J connectivity index is 1.89. The normalized spacial score (nSPS) is 17.0. The van der Waals surface area contributed by atoms with Crippen molar-refractivity contribution in [1.29, 1.82) is 5.26 Å². The lowest BCUT2D eigenvalue weighted by Crippen LogP contribution is -2.50. The van der Waals surface area contributed by atoms with Gasteiger partial charge in [0.15, 0.2) is 0 Å². The number of halogens is 1. The van der Waals surface area contributed by atoms with E-state index < -0.39 is 5.54 Å². The molecule has 4 nitrogen and oxygen atoms in total. The summed E-state index contributed by atoms with van der Waals surface area (Å²) in [4.78, 5) is 12.0. The topological polar surface area (TPSA) is 64.9 Å². The molecule has 0 aliphatic heterocycles. The van der Waals surface area contributed by atoms with E-state index in [0.29, 0.717) is 5.02 Å². The molecule has 0 unspecified atom stereocenters. The van der Waals surface area contributed by atoms with E-state index in [4.69, 9.17) is 11.6 Å². The minimum absolute atomic E-state index is 0.118. The number of rotatable bonds is 4. The molecule has 5 heteroatoms. The standard InChI is InChI=1S/C15H18ClN3O/c16-12-6-2-3-7-13(12)18-10-14(20)19-15(11-17)8-4-1-5-9-15/h2-3,6-7,18H,1,4-5,8-10H2,(H,19,20). The van der Waals surface area contributed by atoms with Crippen LogP contribution in [0.2, 0.25) is 5.02 Å². The molecule has 1 saturated carbocycles. The SMILES string of the molecule is N#CC1(NC(=O)CNc2ccccc2Cl)CCCCC1. The number of para-hydroxylation sites is 1. The molecule has 1 aromatic carbocycles. The summed E-state index contributed by atoms with van der Waals surface area (Å²) >= 11 is 6.01. The Hall–Kier alpha value is -1.73. The summed E-state index contributed by atoms with van der Waals surface area (Å²) in [5, 5.41) is 15.7. The fourth-order valence-electron chi connectivity index (χ4n) is 2.51. The summed E-state index contributed by atoms with van der Waals surface area (Å²) in [6, 6.07) is 9.54. The number of carbonyl (C=O) groups is 1. The second-order valence-corrected chi connectivity index (χ2v) is 5.54. The van der Waals surface area contributed by atoms with E-state index in [1.165, 1.54) is 0 Å². The maximum atomic E-state index is 12.0. The van der Waals surface area contributed by atoms with Gasteiger partial charge in [-0.2, -0.15) is 5.26 Å². The summed E-state index contributed by atoms with van der Waals surface area (Å²) in [6.45, 7) is 0.118. The molecule has 1 amide bonds. The third-order valence-electron chi connectivity index (χ3n) is 3.61. The maximum absolute atomic E-state index is 12.0. The molecule has 0 aromatic heterocycles. The molecule has 0 atom stereocenters. The molecule has 1 aromatic rings. The number of nitrogens with zero attached hydrogens (tertiary/aromatic N) is 1. The van der Waals surface area contributed by atoms with Crippen molar-refractivity contribution < 1.29 is 4.79 Å². The van der Waals surface area contributed by atoms with Crippen molar-refractivity contribution in [2.45, 2.75) is 37.6 Å². The lowest BCUT2D eigenvalue weighted by atomic mass is 9.83. The van der Waals surface area contributed by atoms with Crippen molar-refractivity contribution in [2.75, 3.05) is 11.9 Å². The highest BCUT2D eigenvalue weighted by Crippen LogP contribution is 2.27. The average Bonchev–Trinajstić information content (AvgIpc) is 2.47. The van der Waals surface area contributed by atoms with Crippen molar-refractivity contribution in [3.8, 4) is 6.07 Å². The Morgan fingerprint density at radius 1 is 1.30 bits per heavy atom. The van der Waals surface area contributed by atoms with E-state index in [9.17, 15) is 10.1 Å². The second kappa shape index (κ2) is 6.62. The Labute approximate surface area is 124 Å². The highest BCUT2D eigenvalue weighted by Gasteiger charge is 2.33. The van der Waals surface area contributed by atoms with Gasteiger partial charge in [-0.15, -0.1) is 0 Å². The molecule has 0 saturated heterocycles. The predicted octanol–water partition coefficient (Wildman–Crippen LogP) is 3.09. The van der Waals surface area contributed by atoms with Crippen LogP contribution in [-0.2, 0) is 4.79 Å². The van der Waals surface area contributed by atoms with Crippen molar-refractivity contribution >= 4 is 23.2 Å². The van der Waals surface area contributed by atoms with Gasteiger partial charge < -0.3 is 10.6 Å². The Morgan fingerprint density at radius 2 is 2.00 bits per heavy atom. The van der Waals surface area contributed by atoms with Crippen LogP contribution in [0.5, 0.6) is 0 Å². The highest BCUT2D eigenvalue weighted by atomic mass is 35.5. The van der Waals surface area contributed by atoms with Crippen LogP contribution in [0.3, 0.4) is 0 Å². The minimum atomic E-state index is -0.683. The number of hydrogen-bond acceptors (Lipinski definition) is 3. The van der Waals surface area contributed by atoms with Gasteiger partial charge in [-0.3, -0.25) is 4.79 Å². The van der Waals surface area contributed by atoms with Gasteiger partial charge in [0.1, 0.15) is 5.54 Å². The van der Waals surface area contributed by atoms with Gasteiger partial charge in [-0.1, -0.05) is 43.0 Å². The van der Waals surface area contributed by atoms with Gasteiger partial charge >= 0.3 is 0 Å².